The van der Waals surface area contributed by atoms with Crippen molar-refractivity contribution in [1.29, 1.82) is 0 Å². The first-order valence-electron chi connectivity index (χ1n) is 13.7. The van der Waals surface area contributed by atoms with E-state index in [1.165, 1.54) is 0 Å². The molecule has 34 heavy (non-hydrogen) atoms. The number of cyclic esters (lactones) is 1. The summed E-state index contributed by atoms with van der Waals surface area (Å²) in [6.07, 6.45) is 1.61. The summed E-state index contributed by atoms with van der Waals surface area (Å²) in [6.45, 7) is 13.2. The highest BCUT2D eigenvalue weighted by Gasteiger charge is 2.63. The summed E-state index contributed by atoms with van der Waals surface area (Å²) in [7, 11) is 0. The molecule has 6 nitrogen and oxygen atoms in total. The Kier molecular flexibility index (Phi) is 7.23. The zero-order chi connectivity index (χ0) is 25.2. The quantitative estimate of drug-likeness (QED) is 0.450. The van der Waals surface area contributed by atoms with Crippen LogP contribution >= 0.6 is 0 Å². The summed E-state index contributed by atoms with van der Waals surface area (Å²) in [5.74, 6) is 0.948. The molecule has 0 unspecified atom stereocenters. The lowest BCUT2D eigenvalue weighted by atomic mass is 9.48. The van der Waals surface area contributed by atoms with Crippen LogP contribution in [-0.2, 0) is 9.53 Å². The Hall–Kier alpha value is -0.690. The molecule has 0 spiro atoms. The second kappa shape index (κ2) is 9.32. The van der Waals surface area contributed by atoms with E-state index in [4.69, 9.17) is 4.74 Å². The second-order valence-electron chi connectivity index (χ2n) is 13.3. The van der Waals surface area contributed by atoms with Gasteiger partial charge in [0.2, 0.25) is 0 Å². The highest BCUT2D eigenvalue weighted by Crippen LogP contribution is 2.66. The van der Waals surface area contributed by atoms with E-state index in [0.717, 1.165) is 25.7 Å². The van der Waals surface area contributed by atoms with E-state index in [1.807, 2.05) is 6.92 Å². The number of hydrogen-bond acceptors (Lipinski definition) is 6. The molecule has 0 bridgehead atoms. The lowest BCUT2D eigenvalue weighted by Gasteiger charge is -2.56. The number of ether oxygens (including phenoxy) is 1. The standard InChI is InChI=1S/C28H48O6/c1-14(2)15(3)24(31)25(32)16(4)18-7-8-19-17-13-34-26(33)21-11-22(29)23(30)12-28(21,6)20(17)9-10-27(18,19)5/h14-25,29-32H,7-13H2,1-6H3/t15-,16+,17+,18-,19+,20+,21+,22+,23-,24-,25-,27-,28-/m1/s1. The summed E-state index contributed by atoms with van der Waals surface area (Å²) in [6, 6.07) is 0. The molecule has 196 valence electrons. The number of carbonyl (C=O) groups is 1. The fourth-order valence-corrected chi connectivity index (χ4v) is 8.95. The molecule has 6 heteroatoms. The largest absolute Gasteiger partial charge is 0.465 e. The van der Waals surface area contributed by atoms with Crippen molar-refractivity contribution in [1.82, 2.24) is 0 Å². The van der Waals surface area contributed by atoms with Crippen LogP contribution in [0.1, 0.15) is 80.1 Å². The first-order chi connectivity index (χ1) is 15.8. The minimum absolute atomic E-state index is 0.00827. The molecule has 3 aliphatic carbocycles. The lowest BCUT2D eigenvalue weighted by Crippen LogP contribution is -2.55. The van der Waals surface area contributed by atoms with Crippen LogP contribution < -0.4 is 0 Å². The summed E-state index contributed by atoms with van der Waals surface area (Å²) < 4.78 is 5.86. The third kappa shape index (κ3) is 4.05. The number of aliphatic hydroxyl groups is 4. The van der Waals surface area contributed by atoms with Gasteiger partial charge in [-0.1, -0.05) is 41.5 Å². The zero-order valence-corrected chi connectivity index (χ0v) is 22.0. The average Bonchev–Trinajstić information content (AvgIpc) is 3.09. The Morgan fingerprint density at radius 1 is 0.912 bits per heavy atom. The van der Waals surface area contributed by atoms with Crippen molar-refractivity contribution in [2.75, 3.05) is 6.61 Å². The van der Waals surface area contributed by atoms with E-state index in [0.29, 0.717) is 30.8 Å². The van der Waals surface area contributed by atoms with E-state index in [-0.39, 0.29) is 52.8 Å². The molecule has 4 fully saturated rings. The highest BCUT2D eigenvalue weighted by atomic mass is 16.5. The van der Waals surface area contributed by atoms with E-state index < -0.39 is 24.4 Å². The van der Waals surface area contributed by atoms with E-state index >= 15 is 0 Å². The van der Waals surface area contributed by atoms with Gasteiger partial charge in [-0.15, -0.1) is 0 Å². The SMILES string of the molecule is CC(C)[C@@H](C)[C@@H](O)[C@H](O)[C@@H](C)[C@H]1CC[C@H]2[C@@H]3COC(=O)[C@@H]4C[C@H](O)[C@H](O)C[C@]4(C)[C@H]3CC[C@]12C. The molecule has 4 rings (SSSR count). The Morgan fingerprint density at radius 2 is 1.56 bits per heavy atom. The number of aliphatic hydroxyl groups excluding tert-OH is 4. The molecule has 1 saturated heterocycles. The summed E-state index contributed by atoms with van der Waals surface area (Å²) >= 11 is 0. The van der Waals surface area contributed by atoms with Crippen molar-refractivity contribution >= 4 is 5.97 Å². The maximum Gasteiger partial charge on any atom is 0.309 e. The minimum atomic E-state index is -0.867. The molecule has 1 aliphatic heterocycles. The van der Waals surface area contributed by atoms with Gasteiger partial charge in [-0.2, -0.15) is 0 Å². The van der Waals surface area contributed by atoms with Gasteiger partial charge in [0.05, 0.1) is 36.9 Å². The highest BCUT2D eigenvalue weighted by molar-refractivity contribution is 5.74. The maximum atomic E-state index is 13.0. The van der Waals surface area contributed by atoms with E-state index in [1.54, 1.807) is 0 Å². The molecule has 0 aromatic carbocycles. The van der Waals surface area contributed by atoms with Gasteiger partial charge in [0, 0.05) is 0 Å². The van der Waals surface area contributed by atoms with Crippen LogP contribution in [0.25, 0.3) is 0 Å². The van der Waals surface area contributed by atoms with Crippen LogP contribution in [0.3, 0.4) is 0 Å². The predicted octanol–water partition coefficient (Wildman–Crippen LogP) is 3.39. The smallest absolute Gasteiger partial charge is 0.309 e. The van der Waals surface area contributed by atoms with Gasteiger partial charge in [-0.25, -0.2) is 0 Å². The van der Waals surface area contributed by atoms with Gasteiger partial charge in [0.25, 0.3) is 0 Å². The molecule has 13 atom stereocenters. The van der Waals surface area contributed by atoms with Crippen molar-refractivity contribution in [3.05, 3.63) is 0 Å². The van der Waals surface area contributed by atoms with Gasteiger partial charge < -0.3 is 25.2 Å². The fraction of sp³-hybridized carbons (Fsp3) is 0.964. The van der Waals surface area contributed by atoms with Gasteiger partial charge in [-0.3, -0.25) is 4.79 Å². The molecule has 1 heterocycles. The van der Waals surface area contributed by atoms with Crippen LogP contribution in [0.5, 0.6) is 0 Å². The molecule has 0 amide bonds. The van der Waals surface area contributed by atoms with Crippen molar-refractivity contribution in [3.63, 3.8) is 0 Å². The molecular formula is C28H48O6. The number of fused-ring (bicyclic) bond motifs is 5. The third-order valence-corrected chi connectivity index (χ3v) is 11.5. The Morgan fingerprint density at radius 3 is 2.21 bits per heavy atom. The normalized spacial score (nSPS) is 48.1. The van der Waals surface area contributed by atoms with Crippen LogP contribution in [0.2, 0.25) is 0 Å². The van der Waals surface area contributed by atoms with Crippen LogP contribution in [-0.4, -0.2) is 57.4 Å². The summed E-state index contributed by atoms with van der Waals surface area (Å²) in [5.41, 5.74) is -0.345. The predicted molar refractivity (Wildman–Crippen MR) is 130 cm³/mol. The van der Waals surface area contributed by atoms with Gasteiger partial charge in [0.15, 0.2) is 0 Å². The first kappa shape index (κ1) is 26.4. The Balaban J connectivity index is 1.58. The Bertz CT molecular complexity index is 755. The molecule has 4 aliphatic rings. The van der Waals surface area contributed by atoms with Crippen molar-refractivity contribution in [2.45, 2.75) is 104 Å². The zero-order valence-electron chi connectivity index (χ0n) is 22.0. The van der Waals surface area contributed by atoms with E-state index in [2.05, 4.69) is 34.6 Å². The second-order valence-corrected chi connectivity index (χ2v) is 13.3. The average molecular weight is 481 g/mol. The van der Waals surface area contributed by atoms with E-state index in [9.17, 15) is 25.2 Å². The van der Waals surface area contributed by atoms with Gasteiger partial charge in [0.1, 0.15) is 0 Å². The maximum absolute atomic E-state index is 13.0. The first-order valence-corrected chi connectivity index (χ1v) is 13.7. The molecule has 3 saturated carbocycles. The number of rotatable bonds is 5. The number of esters is 1. The number of carbonyl (C=O) groups excluding carboxylic acids is 1. The van der Waals surface area contributed by atoms with Crippen molar-refractivity contribution in [3.8, 4) is 0 Å². The van der Waals surface area contributed by atoms with Crippen LogP contribution in [0, 0.1) is 58.2 Å². The summed E-state index contributed by atoms with van der Waals surface area (Å²) in [5, 5.41) is 42.9. The molecular weight excluding hydrogens is 432 g/mol. The fourth-order valence-electron chi connectivity index (χ4n) is 8.95. The lowest BCUT2D eigenvalue weighted by molar-refractivity contribution is -0.162. The topological polar surface area (TPSA) is 107 Å². The molecule has 0 aromatic heterocycles. The van der Waals surface area contributed by atoms with Crippen molar-refractivity contribution in [2.24, 2.45) is 58.2 Å². The Labute approximate surface area is 205 Å². The van der Waals surface area contributed by atoms with Gasteiger partial charge in [-0.05, 0) is 90.8 Å². The molecule has 0 radical (unpaired) electrons. The molecule has 0 aromatic rings. The summed E-state index contributed by atoms with van der Waals surface area (Å²) in [4.78, 5) is 13.0. The van der Waals surface area contributed by atoms with Crippen LogP contribution in [0.15, 0.2) is 0 Å². The molecule has 4 N–H and O–H groups in total. The van der Waals surface area contributed by atoms with Crippen LogP contribution in [0.4, 0.5) is 0 Å². The third-order valence-electron chi connectivity index (χ3n) is 11.5. The minimum Gasteiger partial charge on any atom is -0.465 e. The monoisotopic (exact) mass is 480 g/mol. The number of hydrogen-bond donors (Lipinski definition) is 4. The van der Waals surface area contributed by atoms with Gasteiger partial charge >= 0.3 is 5.97 Å². The van der Waals surface area contributed by atoms with Crippen molar-refractivity contribution < 1.29 is 30.0 Å².